The SMILES string of the molecule is CCOC1CC(N2CC(CC)(CC)NCC2C(C)C)C1. The van der Waals surface area contributed by atoms with Crippen LogP contribution in [0, 0.1) is 5.92 Å². The fourth-order valence-corrected chi connectivity index (χ4v) is 3.88. The summed E-state index contributed by atoms with van der Waals surface area (Å²) >= 11 is 0. The molecule has 1 unspecified atom stereocenters. The third kappa shape index (κ3) is 3.20. The maximum atomic E-state index is 5.76. The van der Waals surface area contributed by atoms with Crippen LogP contribution in [0.2, 0.25) is 0 Å². The van der Waals surface area contributed by atoms with Gasteiger partial charge in [0.25, 0.3) is 0 Å². The molecule has 1 saturated heterocycles. The van der Waals surface area contributed by atoms with Crippen LogP contribution in [0.4, 0.5) is 0 Å². The summed E-state index contributed by atoms with van der Waals surface area (Å²) in [5, 5.41) is 3.86. The van der Waals surface area contributed by atoms with E-state index in [-0.39, 0.29) is 0 Å². The van der Waals surface area contributed by atoms with Gasteiger partial charge in [0.05, 0.1) is 6.10 Å². The van der Waals surface area contributed by atoms with Crippen LogP contribution in [0.5, 0.6) is 0 Å². The highest BCUT2D eigenvalue weighted by Gasteiger charge is 2.44. The quantitative estimate of drug-likeness (QED) is 0.810. The molecule has 3 heteroatoms. The number of hydrogen-bond donors (Lipinski definition) is 1. The van der Waals surface area contributed by atoms with E-state index in [1.807, 2.05) is 0 Å². The van der Waals surface area contributed by atoms with E-state index < -0.39 is 0 Å². The Morgan fingerprint density at radius 3 is 2.35 bits per heavy atom. The lowest BCUT2D eigenvalue weighted by Gasteiger charge is -2.55. The van der Waals surface area contributed by atoms with Gasteiger partial charge in [-0.15, -0.1) is 0 Å². The molecule has 20 heavy (non-hydrogen) atoms. The predicted molar refractivity (Wildman–Crippen MR) is 85.1 cm³/mol. The highest BCUT2D eigenvalue weighted by atomic mass is 16.5. The zero-order valence-electron chi connectivity index (χ0n) is 14.1. The summed E-state index contributed by atoms with van der Waals surface area (Å²) in [5.41, 5.74) is 0.335. The predicted octanol–water partition coefficient (Wildman–Crippen LogP) is 3.04. The van der Waals surface area contributed by atoms with Crippen LogP contribution in [-0.4, -0.2) is 48.3 Å². The third-order valence-electron chi connectivity index (χ3n) is 5.66. The molecular weight excluding hydrogens is 248 g/mol. The smallest absolute Gasteiger partial charge is 0.0604 e. The molecule has 0 amide bonds. The monoisotopic (exact) mass is 282 g/mol. The average molecular weight is 282 g/mol. The molecule has 0 spiro atoms. The molecule has 2 aliphatic rings. The molecule has 1 aliphatic carbocycles. The molecule has 2 rings (SSSR count). The summed E-state index contributed by atoms with van der Waals surface area (Å²) in [6.45, 7) is 14.7. The second-order valence-electron chi connectivity index (χ2n) is 7.05. The molecule has 0 aromatic heterocycles. The molecule has 0 aromatic carbocycles. The summed E-state index contributed by atoms with van der Waals surface area (Å²) in [4.78, 5) is 2.81. The van der Waals surface area contributed by atoms with Gasteiger partial charge >= 0.3 is 0 Å². The van der Waals surface area contributed by atoms with Crippen molar-refractivity contribution in [2.24, 2.45) is 5.92 Å². The van der Waals surface area contributed by atoms with E-state index in [0.717, 1.165) is 25.1 Å². The summed E-state index contributed by atoms with van der Waals surface area (Å²) in [6.07, 6.45) is 5.45. The maximum absolute atomic E-state index is 5.76. The molecule has 0 bridgehead atoms. The van der Waals surface area contributed by atoms with Gasteiger partial charge in [-0.05, 0) is 38.5 Å². The van der Waals surface area contributed by atoms with E-state index in [0.29, 0.717) is 17.7 Å². The Labute approximate surface area is 125 Å². The second kappa shape index (κ2) is 6.76. The van der Waals surface area contributed by atoms with Gasteiger partial charge in [-0.1, -0.05) is 27.7 Å². The van der Waals surface area contributed by atoms with E-state index in [1.165, 1.54) is 32.2 Å². The summed E-state index contributed by atoms with van der Waals surface area (Å²) in [7, 11) is 0. The van der Waals surface area contributed by atoms with Crippen molar-refractivity contribution in [3.63, 3.8) is 0 Å². The van der Waals surface area contributed by atoms with Crippen molar-refractivity contribution in [3.05, 3.63) is 0 Å². The molecule has 1 atom stereocenters. The molecular formula is C17H34N2O. The van der Waals surface area contributed by atoms with E-state index in [1.54, 1.807) is 0 Å². The first-order chi connectivity index (χ1) is 9.55. The van der Waals surface area contributed by atoms with Crippen molar-refractivity contribution in [1.29, 1.82) is 0 Å². The topological polar surface area (TPSA) is 24.5 Å². The minimum Gasteiger partial charge on any atom is -0.378 e. The van der Waals surface area contributed by atoms with Gasteiger partial charge in [0.2, 0.25) is 0 Å². The number of nitrogens with zero attached hydrogens (tertiary/aromatic N) is 1. The van der Waals surface area contributed by atoms with Gasteiger partial charge in [-0.25, -0.2) is 0 Å². The number of rotatable bonds is 6. The van der Waals surface area contributed by atoms with Crippen molar-refractivity contribution >= 4 is 0 Å². The van der Waals surface area contributed by atoms with Crippen LogP contribution in [-0.2, 0) is 4.74 Å². The van der Waals surface area contributed by atoms with Gasteiger partial charge in [0.15, 0.2) is 0 Å². The lowest BCUT2D eigenvalue weighted by molar-refractivity contribution is -0.0829. The molecule has 1 heterocycles. The molecule has 1 aliphatic heterocycles. The lowest BCUT2D eigenvalue weighted by Crippen LogP contribution is -2.68. The molecule has 0 radical (unpaired) electrons. The van der Waals surface area contributed by atoms with Crippen LogP contribution in [0.15, 0.2) is 0 Å². The van der Waals surface area contributed by atoms with Crippen molar-refractivity contribution in [2.75, 3.05) is 19.7 Å². The zero-order valence-corrected chi connectivity index (χ0v) is 14.1. The normalized spacial score (nSPS) is 34.2. The molecule has 1 saturated carbocycles. The van der Waals surface area contributed by atoms with Gasteiger partial charge in [0, 0.05) is 37.3 Å². The number of hydrogen-bond acceptors (Lipinski definition) is 3. The average Bonchev–Trinajstić information content (AvgIpc) is 2.41. The van der Waals surface area contributed by atoms with Gasteiger partial charge in [-0.3, -0.25) is 4.90 Å². The summed E-state index contributed by atoms with van der Waals surface area (Å²) in [6, 6.07) is 1.44. The Morgan fingerprint density at radius 2 is 1.85 bits per heavy atom. The Kier molecular flexibility index (Phi) is 5.49. The third-order valence-corrected chi connectivity index (χ3v) is 5.66. The molecule has 0 aromatic rings. The van der Waals surface area contributed by atoms with E-state index in [2.05, 4.69) is 44.8 Å². The van der Waals surface area contributed by atoms with Crippen molar-refractivity contribution < 1.29 is 4.74 Å². The largest absolute Gasteiger partial charge is 0.378 e. The van der Waals surface area contributed by atoms with Crippen molar-refractivity contribution in [3.8, 4) is 0 Å². The first kappa shape index (κ1) is 16.3. The van der Waals surface area contributed by atoms with E-state index in [9.17, 15) is 0 Å². The maximum Gasteiger partial charge on any atom is 0.0604 e. The fraction of sp³-hybridized carbons (Fsp3) is 1.00. The van der Waals surface area contributed by atoms with Crippen LogP contribution in [0.3, 0.4) is 0 Å². The second-order valence-corrected chi connectivity index (χ2v) is 7.05. The van der Waals surface area contributed by atoms with Crippen LogP contribution < -0.4 is 5.32 Å². The molecule has 2 fully saturated rings. The molecule has 3 nitrogen and oxygen atoms in total. The minimum atomic E-state index is 0.335. The number of nitrogens with one attached hydrogen (secondary N) is 1. The highest BCUT2D eigenvalue weighted by Crippen LogP contribution is 2.35. The Balaban J connectivity index is 2.01. The van der Waals surface area contributed by atoms with Gasteiger partial charge < -0.3 is 10.1 Å². The number of piperazine rings is 1. The number of ether oxygens (including phenoxy) is 1. The highest BCUT2D eigenvalue weighted by molar-refractivity contribution is 5.02. The molecule has 1 N–H and O–H groups in total. The van der Waals surface area contributed by atoms with Gasteiger partial charge in [-0.2, -0.15) is 0 Å². The Hall–Kier alpha value is -0.120. The standard InChI is InChI=1S/C17H34N2O/c1-6-17(7-2)12-19(16(11-18-17)13(4)5)14-9-15(10-14)20-8-3/h13-16,18H,6-12H2,1-5H3. The van der Waals surface area contributed by atoms with Crippen LogP contribution in [0.1, 0.15) is 60.3 Å². The molecule has 118 valence electrons. The minimum absolute atomic E-state index is 0.335. The lowest BCUT2D eigenvalue weighted by atomic mass is 9.80. The van der Waals surface area contributed by atoms with Crippen molar-refractivity contribution in [1.82, 2.24) is 10.2 Å². The Morgan fingerprint density at radius 1 is 1.20 bits per heavy atom. The van der Waals surface area contributed by atoms with Crippen molar-refractivity contribution in [2.45, 2.75) is 84.0 Å². The summed E-state index contributed by atoms with van der Waals surface area (Å²) < 4.78 is 5.76. The Bertz CT molecular complexity index is 295. The first-order valence-corrected chi connectivity index (χ1v) is 8.67. The first-order valence-electron chi connectivity index (χ1n) is 8.67. The van der Waals surface area contributed by atoms with E-state index in [4.69, 9.17) is 4.74 Å². The van der Waals surface area contributed by atoms with E-state index >= 15 is 0 Å². The van der Waals surface area contributed by atoms with Crippen LogP contribution >= 0.6 is 0 Å². The summed E-state index contributed by atoms with van der Waals surface area (Å²) in [5.74, 6) is 0.723. The zero-order chi connectivity index (χ0) is 14.8. The fourth-order valence-electron chi connectivity index (χ4n) is 3.88. The van der Waals surface area contributed by atoms with Crippen LogP contribution in [0.25, 0.3) is 0 Å². The van der Waals surface area contributed by atoms with Gasteiger partial charge in [0.1, 0.15) is 0 Å².